The lowest BCUT2D eigenvalue weighted by atomic mass is 10.0. The van der Waals surface area contributed by atoms with Gasteiger partial charge in [-0.1, -0.05) is 6.92 Å². The maximum atomic E-state index is 9.40. The Labute approximate surface area is 123 Å². The molecule has 3 unspecified atom stereocenters. The molecule has 1 rings (SSSR count). The highest BCUT2D eigenvalue weighted by molar-refractivity contribution is 5.20. The summed E-state index contributed by atoms with van der Waals surface area (Å²) >= 11 is 0. The number of hydrogen-bond donors (Lipinski definition) is 2. The van der Waals surface area contributed by atoms with Crippen LogP contribution in [0, 0.1) is 12.8 Å². The van der Waals surface area contributed by atoms with E-state index in [0.717, 1.165) is 18.7 Å². The summed E-state index contributed by atoms with van der Waals surface area (Å²) < 4.78 is 2.04. The second kappa shape index (κ2) is 6.72. The summed E-state index contributed by atoms with van der Waals surface area (Å²) in [4.78, 5) is 0. The highest BCUT2D eigenvalue weighted by Gasteiger charge is 2.19. The number of aryl methyl sites for hydroxylation is 1. The monoisotopic (exact) mass is 281 g/mol. The molecule has 0 aliphatic carbocycles. The number of nitrogens with one attached hydrogen (secondary N) is 1. The van der Waals surface area contributed by atoms with Crippen molar-refractivity contribution in [3.05, 3.63) is 17.5 Å². The van der Waals surface area contributed by atoms with Crippen molar-refractivity contribution in [1.82, 2.24) is 15.1 Å². The molecule has 3 atom stereocenters. The molecule has 4 nitrogen and oxygen atoms in total. The maximum Gasteiger partial charge on any atom is 0.0641 e. The van der Waals surface area contributed by atoms with Gasteiger partial charge in [0.25, 0.3) is 0 Å². The lowest BCUT2D eigenvalue weighted by molar-refractivity contribution is 0.162. The molecule has 0 saturated carbocycles. The molecule has 1 aromatic rings. The second-order valence-electron chi connectivity index (χ2n) is 7.11. The summed E-state index contributed by atoms with van der Waals surface area (Å²) in [6.07, 6.45) is 2.75. The van der Waals surface area contributed by atoms with Gasteiger partial charge < -0.3 is 10.4 Å². The van der Waals surface area contributed by atoms with Crippen molar-refractivity contribution < 1.29 is 5.11 Å². The molecule has 0 spiro atoms. The molecule has 0 saturated heterocycles. The first-order valence-electron chi connectivity index (χ1n) is 7.59. The van der Waals surface area contributed by atoms with Crippen molar-refractivity contribution in [1.29, 1.82) is 0 Å². The van der Waals surface area contributed by atoms with Crippen LogP contribution in [0.3, 0.4) is 0 Å². The van der Waals surface area contributed by atoms with Crippen molar-refractivity contribution in [2.24, 2.45) is 5.92 Å². The summed E-state index contributed by atoms with van der Waals surface area (Å²) in [6, 6.07) is 0.280. The molecule has 0 aromatic carbocycles. The Bertz CT molecular complexity index is 418. The molecule has 1 heterocycles. The molecule has 0 amide bonds. The van der Waals surface area contributed by atoms with E-state index in [9.17, 15) is 5.11 Å². The average Bonchev–Trinajstić information content (AvgIpc) is 2.67. The predicted molar refractivity (Wildman–Crippen MR) is 83.8 cm³/mol. The van der Waals surface area contributed by atoms with E-state index in [4.69, 9.17) is 0 Å². The van der Waals surface area contributed by atoms with E-state index < -0.39 is 0 Å². The smallest absolute Gasteiger partial charge is 0.0641 e. The van der Waals surface area contributed by atoms with Crippen LogP contribution in [-0.4, -0.2) is 27.5 Å². The number of hydrogen-bond acceptors (Lipinski definition) is 3. The van der Waals surface area contributed by atoms with Crippen LogP contribution in [0.5, 0.6) is 0 Å². The fourth-order valence-corrected chi connectivity index (χ4v) is 2.40. The van der Waals surface area contributed by atoms with Crippen LogP contribution >= 0.6 is 0 Å². The maximum absolute atomic E-state index is 9.40. The largest absolute Gasteiger partial charge is 0.393 e. The van der Waals surface area contributed by atoms with Crippen molar-refractivity contribution >= 4 is 0 Å². The molecule has 0 aliphatic heterocycles. The molecule has 1 aromatic heterocycles. The standard InChI is InChI=1S/C16H31N3O/c1-11(8-12(2)20)9-17-13(3)15-10-19(16(5,6)7)18-14(15)4/h10-13,17,20H,8-9H2,1-7H3. The molecule has 0 radical (unpaired) electrons. The van der Waals surface area contributed by atoms with E-state index in [-0.39, 0.29) is 17.7 Å². The topological polar surface area (TPSA) is 50.1 Å². The zero-order valence-electron chi connectivity index (χ0n) is 14.1. The van der Waals surface area contributed by atoms with Gasteiger partial charge in [-0.2, -0.15) is 5.10 Å². The Balaban J connectivity index is 2.64. The van der Waals surface area contributed by atoms with Gasteiger partial charge in [0.05, 0.1) is 17.3 Å². The van der Waals surface area contributed by atoms with Gasteiger partial charge in [-0.05, 0) is 60.4 Å². The Morgan fingerprint density at radius 1 is 1.30 bits per heavy atom. The Kier molecular flexibility index (Phi) is 5.78. The van der Waals surface area contributed by atoms with Crippen LogP contribution in [0.2, 0.25) is 0 Å². The van der Waals surface area contributed by atoms with Crippen molar-refractivity contribution in [3.8, 4) is 0 Å². The van der Waals surface area contributed by atoms with Gasteiger partial charge in [0.2, 0.25) is 0 Å². The third-order valence-electron chi connectivity index (χ3n) is 3.61. The summed E-state index contributed by atoms with van der Waals surface area (Å²) in [5.74, 6) is 0.468. The second-order valence-corrected chi connectivity index (χ2v) is 7.11. The van der Waals surface area contributed by atoms with Crippen LogP contribution in [0.15, 0.2) is 6.20 Å². The Hall–Kier alpha value is -0.870. The summed E-state index contributed by atoms with van der Waals surface area (Å²) in [5.41, 5.74) is 2.36. The molecule has 116 valence electrons. The molecular weight excluding hydrogens is 250 g/mol. The first-order valence-corrected chi connectivity index (χ1v) is 7.59. The lowest BCUT2D eigenvalue weighted by Gasteiger charge is -2.20. The zero-order valence-corrected chi connectivity index (χ0v) is 14.1. The molecular formula is C16H31N3O. The normalized spacial score (nSPS) is 17.0. The van der Waals surface area contributed by atoms with Gasteiger partial charge in [0.1, 0.15) is 0 Å². The van der Waals surface area contributed by atoms with Gasteiger partial charge in [-0.3, -0.25) is 4.68 Å². The molecule has 20 heavy (non-hydrogen) atoms. The van der Waals surface area contributed by atoms with Crippen LogP contribution in [0.1, 0.15) is 65.3 Å². The third-order valence-corrected chi connectivity index (χ3v) is 3.61. The van der Waals surface area contributed by atoms with Crippen LogP contribution in [0.4, 0.5) is 0 Å². The molecule has 0 bridgehead atoms. The van der Waals surface area contributed by atoms with E-state index in [1.54, 1.807) is 0 Å². The minimum Gasteiger partial charge on any atom is -0.393 e. The van der Waals surface area contributed by atoms with E-state index in [1.165, 1.54) is 5.56 Å². The van der Waals surface area contributed by atoms with Crippen LogP contribution in [0.25, 0.3) is 0 Å². The lowest BCUT2D eigenvalue weighted by Crippen LogP contribution is -2.26. The molecule has 0 aliphatic rings. The van der Waals surface area contributed by atoms with Gasteiger partial charge in [0, 0.05) is 17.8 Å². The fraction of sp³-hybridized carbons (Fsp3) is 0.812. The van der Waals surface area contributed by atoms with E-state index >= 15 is 0 Å². The molecule has 0 fully saturated rings. The average molecular weight is 281 g/mol. The highest BCUT2D eigenvalue weighted by atomic mass is 16.3. The van der Waals surface area contributed by atoms with Crippen molar-refractivity contribution in [2.75, 3.05) is 6.54 Å². The van der Waals surface area contributed by atoms with Gasteiger partial charge in [-0.15, -0.1) is 0 Å². The first-order chi connectivity index (χ1) is 9.11. The summed E-state index contributed by atoms with van der Waals surface area (Å²) in [6.45, 7) is 15.6. The summed E-state index contributed by atoms with van der Waals surface area (Å²) in [7, 11) is 0. The Morgan fingerprint density at radius 2 is 1.90 bits per heavy atom. The fourth-order valence-electron chi connectivity index (χ4n) is 2.40. The third kappa shape index (κ3) is 4.91. The van der Waals surface area contributed by atoms with Crippen LogP contribution < -0.4 is 5.32 Å². The molecule has 4 heteroatoms. The summed E-state index contributed by atoms with van der Waals surface area (Å²) in [5, 5.41) is 17.6. The predicted octanol–water partition coefficient (Wildman–Crippen LogP) is 3.00. The number of aliphatic hydroxyl groups is 1. The van der Waals surface area contributed by atoms with E-state index in [0.29, 0.717) is 5.92 Å². The number of aromatic nitrogens is 2. The number of rotatable bonds is 6. The van der Waals surface area contributed by atoms with Crippen molar-refractivity contribution in [3.63, 3.8) is 0 Å². The minimum atomic E-state index is -0.229. The minimum absolute atomic E-state index is 0.0162. The van der Waals surface area contributed by atoms with E-state index in [2.05, 4.69) is 58.2 Å². The first kappa shape index (κ1) is 17.2. The highest BCUT2D eigenvalue weighted by Crippen LogP contribution is 2.21. The Morgan fingerprint density at radius 3 is 2.35 bits per heavy atom. The van der Waals surface area contributed by atoms with Crippen molar-refractivity contribution in [2.45, 2.75) is 72.6 Å². The number of aliphatic hydroxyl groups excluding tert-OH is 1. The van der Waals surface area contributed by atoms with Crippen LogP contribution in [-0.2, 0) is 5.54 Å². The van der Waals surface area contributed by atoms with Gasteiger partial charge in [0.15, 0.2) is 0 Å². The van der Waals surface area contributed by atoms with E-state index in [1.807, 2.05) is 11.6 Å². The SMILES string of the molecule is Cc1nn(C(C)(C)C)cc1C(C)NCC(C)CC(C)O. The van der Waals surface area contributed by atoms with Gasteiger partial charge >= 0.3 is 0 Å². The molecule has 2 N–H and O–H groups in total. The quantitative estimate of drug-likeness (QED) is 0.843. The zero-order chi connectivity index (χ0) is 15.5. The number of nitrogens with zero attached hydrogens (tertiary/aromatic N) is 2. The van der Waals surface area contributed by atoms with Gasteiger partial charge in [-0.25, -0.2) is 0 Å².